The molecule has 0 spiro atoms. The zero-order valence-electron chi connectivity index (χ0n) is 11.3. The van der Waals surface area contributed by atoms with Gasteiger partial charge in [0.05, 0.1) is 7.11 Å². The number of halogens is 1. The van der Waals surface area contributed by atoms with Crippen LogP contribution >= 0.6 is 11.6 Å². The summed E-state index contributed by atoms with van der Waals surface area (Å²) in [5, 5.41) is 3.13. The number of aromatic nitrogens is 1. The van der Waals surface area contributed by atoms with Crippen molar-refractivity contribution in [1.29, 1.82) is 0 Å². The molecule has 20 heavy (non-hydrogen) atoms. The predicted molar refractivity (Wildman–Crippen MR) is 79.6 cm³/mol. The first-order valence-electron chi connectivity index (χ1n) is 6.24. The summed E-state index contributed by atoms with van der Waals surface area (Å²) in [4.78, 5) is 16.3. The van der Waals surface area contributed by atoms with Crippen molar-refractivity contribution in [2.24, 2.45) is 0 Å². The summed E-state index contributed by atoms with van der Waals surface area (Å²) in [5.74, 6) is 0.525. The van der Waals surface area contributed by atoms with Gasteiger partial charge in [-0.2, -0.15) is 0 Å². The number of benzene rings is 1. The van der Waals surface area contributed by atoms with Crippen molar-refractivity contribution < 1.29 is 9.53 Å². The maximum atomic E-state index is 12.2. The number of nitrogens with zero attached hydrogens (tertiary/aromatic N) is 1. The van der Waals surface area contributed by atoms with Crippen LogP contribution in [0.1, 0.15) is 23.0 Å². The van der Waals surface area contributed by atoms with Gasteiger partial charge in [-0.3, -0.25) is 4.79 Å². The second-order valence-corrected chi connectivity index (χ2v) is 4.59. The zero-order valence-corrected chi connectivity index (χ0v) is 12.1. The molecule has 0 saturated heterocycles. The van der Waals surface area contributed by atoms with Crippen molar-refractivity contribution in [3.63, 3.8) is 0 Å². The van der Waals surface area contributed by atoms with Gasteiger partial charge in [-0.25, -0.2) is 4.98 Å². The highest BCUT2D eigenvalue weighted by molar-refractivity contribution is 6.29. The molecule has 2 rings (SSSR count). The third kappa shape index (κ3) is 3.48. The SMILES string of the molecule is CCc1cc(C(=O)Nc2ccc(OC)cc2)cc(Cl)n1. The van der Waals surface area contributed by atoms with E-state index >= 15 is 0 Å². The minimum absolute atomic E-state index is 0.214. The molecular formula is C15H15ClN2O2. The van der Waals surface area contributed by atoms with E-state index in [-0.39, 0.29) is 5.91 Å². The highest BCUT2D eigenvalue weighted by Crippen LogP contribution is 2.17. The molecular weight excluding hydrogens is 276 g/mol. The first-order valence-corrected chi connectivity index (χ1v) is 6.62. The Kier molecular flexibility index (Phi) is 4.58. The Morgan fingerprint density at radius 1 is 1.30 bits per heavy atom. The van der Waals surface area contributed by atoms with E-state index in [0.717, 1.165) is 17.9 Å². The van der Waals surface area contributed by atoms with E-state index in [0.29, 0.717) is 16.4 Å². The Hall–Kier alpha value is -2.07. The van der Waals surface area contributed by atoms with Crippen molar-refractivity contribution in [1.82, 2.24) is 4.98 Å². The Bertz CT molecular complexity index is 612. The van der Waals surface area contributed by atoms with E-state index in [9.17, 15) is 4.79 Å². The number of ether oxygens (including phenoxy) is 1. The number of rotatable bonds is 4. The van der Waals surface area contributed by atoms with E-state index in [1.807, 2.05) is 6.92 Å². The molecule has 1 aromatic heterocycles. The van der Waals surface area contributed by atoms with E-state index in [2.05, 4.69) is 10.3 Å². The van der Waals surface area contributed by atoms with Crippen LogP contribution in [0, 0.1) is 0 Å². The number of amides is 1. The number of anilines is 1. The van der Waals surface area contributed by atoms with Gasteiger partial charge in [0.2, 0.25) is 0 Å². The Labute approximate surface area is 122 Å². The van der Waals surface area contributed by atoms with Gasteiger partial charge < -0.3 is 10.1 Å². The summed E-state index contributed by atoms with van der Waals surface area (Å²) in [6, 6.07) is 10.4. The van der Waals surface area contributed by atoms with Crippen molar-refractivity contribution in [2.45, 2.75) is 13.3 Å². The molecule has 0 fully saturated rings. The van der Waals surface area contributed by atoms with Gasteiger partial charge in [-0.05, 0) is 42.8 Å². The molecule has 5 heteroatoms. The summed E-state index contributed by atoms with van der Waals surface area (Å²) in [7, 11) is 1.60. The summed E-state index contributed by atoms with van der Waals surface area (Å²) >= 11 is 5.91. The van der Waals surface area contributed by atoms with Crippen LogP contribution in [-0.2, 0) is 6.42 Å². The second kappa shape index (κ2) is 6.39. The second-order valence-electron chi connectivity index (χ2n) is 4.21. The quantitative estimate of drug-likeness (QED) is 0.876. The van der Waals surface area contributed by atoms with E-state index in [1.165, 1.54) is 0 Å². The van der Waals surface area contributed by atoms with Crippen LogP contribution in [0.5, 0.6) is 5.75 Å². The molecule has 0 saturated carbocycles. The summed E-state index contributed by atoms with van der Waals surface area (Å²) < 4.78 is 5.07. The average molecular weight is 291 g/mol. The summed E-state index contributed by atoms with van der Waals surface area (Å²) in [6.45, 7) is 1.96. The molecule has 0 aliphatic heterocycles. The Morgan fingerprint density at radius 3 is 2.60 bits per heavy atom. The standard InChI is InChI=1S/C15H15ClN2O2/c1-3-11-8-10(9-14(16)17-11)15(19)18-12-4-6-13(20-2)7-5-12/h4-9H,3H2,1-2H3,(H,18,19). The molecule has 4 nitrogen and oxygen atoms in total. The van der Waals surface area contributed by atoms with Gasteiger partial charge in [0.15, 0.2) is 0 Å². The number of hydrogen-bond acceptors (Lipinski definition) is 3. The molecule has 0 aliphatic carbocycles. The van der Waals surface area contributed by atoms with Crippen molar-refractivity contribution in [3.05, 3.63) is 52.8 Å². The van der Waals surface area contributed by atoms with Crippen molar-refractivity contribution in [3.8, 4) is 5.75 Å². The van der Waals surface area contributed by atoms with Gasteiger partial charge in [0.1, 0.15) is 10.9 Å². The third-order valence-corrected chi connectivity index (χ3v) is 3.01. The van der Waals surface area contributed by atoms with Crippen LogP contribution in [0.3, 0.4) is 0 Å². The first-order chi connectivity index (χ1) is 9.62. The number of hydrogen-bond donors (Lipinski definition) is 1. The molecule has 0 bridgehead atoms. The molecule has 2 aromatic rings. The van der Waals surface area contributed by atoms with Crippen LogP contribution in [0.25, 0.3) is 0 Å². The minimum Gasteiger partial charge on any atom is -0.497 e. The highest BCUT2D eigenvalue weighted by atomic mass is 35.5. The van der Waals surface area contributed by atoms with Gasteiger partial charge >= 0.3 is 0 Å². The summed E-state index contributed by atoms with van der Waals surface area (Å²) in [6.07, 6.45) is 0.726. The van der Waals surface area contributed by atoms with Gasteiger partial charge in [-0.1, -0.05) is 18.5 Å². The maximum Gasteiger partial charge on any atom is 0.255 e. The molecule has 0 unspecified atom stereocenters. The van der Waals surface area contributed by atoms with Crippen LogP contribution in [-0.4, -0.2) is 18.0 Å². The molecule has 1 aromatic carbocycles. The number of nitrogens with one attached hydrogen (secondary N) is 1. The van der Waals surface area contributed by atoms with Gasteiger partial charge in [0.25, 0.3) is 5.91 Å². The maximum absolute atomic E-state index is 12.2. The van der Waals surface area contributed by atoms with Gasteiger partial charge in [-0.15, -0.1) is 0 Å². The molecule has 0 aliphatic rings. The van der Waals surface area contributed by atoms with E-state index in [1.54, 1.807) is 43.5 Å². The zero-order chi connectivity index (χ0) is 14.5. The smallest absolute Gasteiger partial charge is 0.255 e. The fraction of sp³-hybridized carbons (Fsp3) is 0.200. The lowest BCUT2D eigenvalue weighted by molar-refractivity contribution is 0.102. The lowest BCUT2D eigenvalue weighted by atomic mass is 10.2. The van der Waals surface area contributed by atoms with Crippen LogP contribution in [0.2, 0.25) is 5.15 Å². The fourth-order valence-electron chi connectivity index (χ4n) is 1.74. The molecule has 1 heterocycles. The normalized spacial score (nSPS) is 10.2. The molecule has 1 amide bonds. The van der Waals surface area contributed by atoms with Crippen LogP contribution in [0.15, 0.2) is 36.4 Å². The van der Waals surface area contributed by atoms with E-state index < -0.39 is 0 Å². The number of aryl methyl sites for hydroxylation is 1. The number of pyridine rings is 1. The monoisotopic (exact) mass is 290 g/mol. The third-order valence-electron chi connectivity index (χ3n) is 2.82. The Balaban J connectivity index is 2.16. The largest absolute Gasteiger partial charge is 0.497 e. The predicted octanol–water partition coefficient (Wildman–Crippen LogP) is 3.56. The molecule has 104 valence electrons. The fourth-order valence-corrected chi connectivity index (χ4v) is 1.97. The molecule has 0 atom stereocenters. The van der Waals surface area contributed by atoms with Crippen molar-refractivity contribution >= 4 is 23.2 Å². The lowest BCUT2D eigenvalue weighted by Gasteiger charge is -2.07. The van der Waals surface area contributed by atoms with Crippen LogP contribution < -0.4 is 10.1 Å². The highest BCUT2D eigenvalue weighted by Gasteiger charge is 2.09. The topological polar surface area (TPSA) is 51.2 Å². The van der Waals surface area contributed by atoms with Crippen molar-refractivity contribution in [2.75, 3.05) is 12.4 Å². The number of carbonyl (C=O) groups excluding carboxylic acids is 1. The Morgan fingerprint density at radius 2 is 2.00 bits per heavy atom. The first kappa shape index (κ1) is 14.3. The molecule has 1 N–H and O–H groups in total. The number of carbonyl (C=O) groups is 1. The lowest BCUT2D eigenvalue weighted by Crippen LogP contribution is -2.12. The van der Waals surface area contributed by atoms with E-state index in [4.69, 9.17) is 16.3 Å². The van der Waals surface area contributed by atoms with Gasteiger partial charge in [0, 0.05) is 16.9 Å². The molecule has 0 radical (unpaired) electrons. The van der Waals surface area contributed by atoms with Crippen LogP contribution in [0.4, 0.5) is 5.69 Å². The number of methoxy groups -OCH3 is 1. The average Bonchev–Trinajstić information content (AvgIpc) is 2.47. The minimum atomic E-state index is -0.214. The summed E-state index contributed by atoms with van der Waals surface area (Å²) in [5.41, 5.74) is 1.98.